The summed E-state index contributed by atoms with van der Waals surface area (Å²) in [5.74, 6) is -14.3. The molecule has 4 aromatic rings. The van der Waals surface area contributed by atoms with Gasteiger partial charge in [-0.15, -0.1) is 0 Å². The van der Waals surface area contributed by atoms with E-state index < -0.39 is 162 Å². The number of carbonyl (C=O) groups excluding carboxylic acids is 10. The number of halogens is 2. The number of benzene rings is 2. The second kappa shape index (κ2) is 27.2. The van der Waals surface area contributed by atoms with Gasteiger partial charge in [-0.2, -0.15) is 4.39 Å². The molecule has 0 saturated carbocycles. The summed E-state index contributed by atoms with van der Waals surface area (Å²) in [4.78, 5) is 126. The van der Waals surface area contributed by atoms with Gasteiger partial charge in [0.25, 0.3) is 5.89 Å². The van der Waals surface area contributed by atoms with Crippen molar-refractivity contribution in [1.29, 1.82) is 0 Å². The van der Waals surface area contributed by atoms with Crippen LogP contribution in [0.4, 0.5) is 20.2 Å². The zero-order valence-electron chi connectivity index (χ0n) is 38.6. The number of carbonyl (C=O) groups is 10. The molecule has 0 saturated heterocycles. The summed E-state index contributed by atoms with van der Waals surface area (Å²) in [6.07, 6.45) is 0.990. The maximum Gasteiger partial charge on any atom is 0.378 e. The molecular weight excluding hydrogens is 980 g/mol. The molecule has 0 amide bonds. The SMILES string of the molecule is CC(=O)OCOC(=O)CN(CC(=O)OCOC(C)=O)c1cc2oc(-c3ncc(C(=O)OCOC(C)=O)o3)cc2cc1OCCOc1c(N(CC(=O)OCOC(C)=O)CC(=O)OCOC(C)=O)ccc(F)c1F. The minimum atomic E-state index is -1.61. The maximum absolute atomic E-state index is 15.6. The van der Waals surface area contributed by atoms with Crippen LogP contribution < -0.4 is 19.3 Å². The van der Waals surface area contributed by atoms with Gasteiger partial charge in [-0.25, -0.2) is 14.2 Å². The number of fused-ring (bicyclic) bond motifs is 1. The van der Waals surface area contributed by atoms with Crippen molar-refractivity contribution in [2.75, 3.05) is 83.2 Å². The van der Waals surface area contributed by atoms with E-state index in [-0.39, 0.29) is 34.1 Å². The van der Waals surface area contributed by atoms with Crippen molar-refractivity contribution in [3.63, 3.8) is 0 Å². The van der Waals surface area contributed by atoms with Crippen molar-refractivity contribution >= 4 is 82.0 Å². The van der Waals surface area contributed by atoms with Crippen molar-refractivity contribution in [3.05, 3.63) is 53.9 Å². The molecule has 0 unspecified atom stereocenters. The summed E-state index contributed by atoms with van der Waals surface area (Å²) in [7, 11) is 0. The van der Waals surface area contributed by atoms with E-state index in [0.29, 0.717) is 6.07 Å². The van der Waals surface area contributed by atoms with Gasteiger partial charge in [-0.3, -0.25) is 43.2 Å². The number of aromatic nitrogens is 1. The molecule has 0 aliphatic heterocycles. The monoisotopic (exact) mass is 1020 g/mol. The van der Waals surface area contributed by atoms with Gasteiger partial charge in [-0.05, 0) is 24.3 Å². The van der Waals surface area contributed by atoms with E-state index >= 15 is 4.39 Å². The molecule has 0 aliphatic rings. The van der Waals surface area contributed by atoms with Gasteiger partial charge in [0.2, 0.25) is 45.5 Å². The third kappa shape index (κ3) is 18.1. The predicted octanol–water partition coefficient (Wildman–Crippen LogP) is 2.37. The summed E-state index contributed by atoms with van der Waals surface area (Å²) in [5.41, 5.74) is -0.562. The number of nitrogens with zero attached hydrogens (tertiary/aromatic N) is 3. The minimum Gasteiger partial charge on any atom is -0.488 e. The molecule has 0 bridgehead atoms. The minimum absolute atomic E-state index is 0.00308. The fraction of sp³-hybridized carbons (Fsp3) is 0.372. The van der Waals surface area contributed by atoms with E-state index in [1.165, 1.54) is 18.2 Å². The average molecular weight is 1020 g/mol. The zero-order valence-corrected chi connectivity index (χ0v) is 38.6. The molecule has 0 radical (unpaired) electrons. The molecule has 72 heavy (non-hydrogen) atoms. The van der Waals surface area contributed by atoms with Crippen LogP contribution in [-0.4, -0.2) is 138 Å². The smallest absolute Gasteiger partial charge is 0.378 e. The van der Waals surface area contributed by atoms with E-state index in [1.54, 1.807) is 0 Å². The number of ether oxygens (including phenoxy) is 12. The van der Waals surface area contributed by atoms with Crippen LogP contribution in [0.2, 0.25) is 0 Å². The van der Waals surface area contributed by atoms with Crippen LogP contribution in [0.5, 0.6) is 11.5 Å². The van der Waals surface area contributed by atoms with Crippen LogP contribution in [0, 0.1) is 11.6 Å². The summed E-state index contributed by atoms with van der Waals surface area (Å²) < 4.78 is 101. The Morgan fingerprint density at radius 3 is 1.44 bits per heavy atom. The Kier molecular flexibility index (Phi) is 21.0. The van der Waals surface area contributed by atoms with Crippen LogP contribution in [0.3, 0.4) is 0 Å². The summed E-state index contributed by atoms with van der Waals surface area (Å²) in [6.45, 7) is -3.39. The van der Waals surface area contributed by atoms with Crippen molar-refractivity contribution in [1.82, 2.24) is 4.98 Å². The third-order valence-electron chi connectivity index (χ3n) is 8.47. The summed E-state index contributed by atoms with van der Waals surface area (Å²) in [5, 5.41) is 0.215. The first-order chi connectivity index (χ1) is 34.2. The van der Waals surface area contributed by atoms with E-state index in [9.17, 15) is 52.3 Å². The topological polar surface area (TPSA) is 327 Å². The van der Waals surface area contributed by atoms with Crippen LogP contribution in [0.25, 0.3) is 22.6 Å². The van der Waals surface area contributed by atoms with E-state index in [0.717, 1.165) is 56.7 Å². The van der Waals surface area contributed by atoms with Crippen molar-refractivity contribution < 1.29 is 122 Å². The van der Waals surface area contributed by atoms with E-state index in [4.69, 9.17) is 42.0 Å². The maximum atomic E-state index is 15.6. The molecule has 4 rings (SSSR count). The standard InChI is InChI=1S/C43H43F2N3O24/c1-23(49)61-18-66-36(54)14-47(15-37(55)67-19-62-24(2)50)30-7-6-29(44)40(45)41(30)60-9-8-59-33-10-28-11-34(42-46-13-35(72-42)43(58)70-22-65-27(5)53)71-32(28)12-31(33)48(16-38(56)68-20-63-25(3)51)17-39(57)69-21-64-26(4)52/h6-7,10-13H,8-9,14-22H2,1-5H3. The van der Waals surface area contributed by atoms with Crippen molar-refractivity contribution in [3.8, 4) is 23.1 Å². The average Bonchev–Trinajstić information content (AvgIpc) is 3.96. The Morgan fingerprint density at radius 2 is 0.972 bits per heavy atom. The molecule has 388 valence electrons. The number of furan rings is 1. The molecule has 29 heteroatoms. The highest BCUT2D eigenvalue weighted by Gasteiger charge is 2.27. The largest absolute Gasteiger partial charge is 0.488 e. The molecule has 2 heterocycles. The van der Waals surface area contributed by atoms with Gasteiger partial charge in [0, 0.05) is 46.1 Å². The second-order valence-electron chi connectivity index (χ2n) is 13.9. The second-order valence-corrected chi connectivity index (χ2v) is 13.9. The molecule has 2 aromatic carbocycles. The lowest BCUT2D eigenvalue weighted by Crippen LogP contribution is -2.37. The quantitative estimate of drug-likeness (QED) is 0.0358. The molecule has 0 fully saturated rings. The predicted molar refractivity (Wildman–Crippen MR) is 226 cm³/mol. The molecular formula is C43H43F2N3O24. The van der Waals surface area contributed by atoms with Crippen LogP contribution in [-0.2, 0) is 90.5 Å². The summed E-state index contributed by atoms with van der Waals surface area (Å²) in [6, 6.07) is 5.53. The van der Waals surface area contributed by atoms with Crippen molar-refractivity contribution in [2.45, 2.75) is 34.6 Å². The van der Waals surface area contributed by atoms with E-state index in [2.05, 4.69) is 28.7 Å². The molecule has 27 nitrogen and oxygen atoms in total. The van der Waals surface area contributed by atoms with Crippen LogP contribution >= 0.6 is 0 Å². The Hall–Kier alpha value is -9.05. The Bertz CT molecular complexity index is 2580. The normalized spacial score (nSPS) is 10.5. The molecule has 0 atom stereocenters. The Labute approximate surface area is 403 Å². The molecule has 0 spiro atoms. The van der Waals surface area contributed by atoms with Gasteiger partial charge >= 0.3 is 59.7 Å². The highest BCUT2D eigenvalue weighted by atomic mass is 19.2. The third-order valence-corrected chi connectivity index (χ3v) is 8.47. The summed E-state index contributed by atoms with van der Waals surface area (Å²) >= 11 is 0. The highest BCUT2D eigenvalue weighted by molar-refractivity contribution is 5.91. The van der Waals surface area contributed by atoms with Crippen molar-refractivity contribution in [2.24, 2.45) is 0 Å². The number of rotatable bonds is 27. The van der Waals surface area contributed by atoms with Gasteiger partial charge in [0.15, 0.2) is 17.3 Å². The highest BCUT2D eigenvalue weighted by Crippen LogP contribution is 2.38. The number of anilines is 2. The van der Waals surface area contributed by atoms with Gasteiger partial charge in [0.1, 0.15) is 50.7 Å². The lowest BCUT2D eigenvalue weighted by atomic mass is 10.2. The number of oxazole rings is 1. The molecule has 0 aliphatic carbocycles. The van der Waals surface area contributed by atoms with Crippen LogP contribution in [0.1, 0.15) is 45.2 Å². The molecule has 0 N–H and O–H groups in total. The number of hydrogen-bond acceptors (Lipinski definition) is 27. The lowest BCUT2D eigenvalue weighted by Gasteiger charge is -2.26. The first kappa shape index (κ1) is 55.5. The van der Waals surface area contributed by atoms with E-state index in [1.807, 2.05) is 0 Å². The van der Waals surface area contributed by atoms with Gasteiger partial charge in [0.05, 0.1) is 17.6 Å². The van der Waals surface area contributed by atoms with Gasteiger partial charge < -0.3 is 75.5 Å². The van der Waals surface area contributed by atoms with Gasteiger partial charge in [-0.1, -0.05) is 0 Å². The fourth-order valence-corrected chi connectivity index (χ4v) is 5.42. The Balaban J connectivity index is 1.71. The fourth-order valence-electron chi connectivity index (χ4n) is 5.42. The molecule has 2 aromatic heterocycles. The number of hydrogen-bond donors (Lipinski definition) is 0. The zero-order chi connectivity index (χ0) is 52.9. The Morgan fingerprint density at radius 1 is 0.528 bits per heavy atom. The first-order valence-corrected chi connectivity index (χ1v) is 20.4. The first-order valence-electron chi connectivity index (χ1n) is 20.4. The number of esters is 10. The van der Waals surface area contributed by atoms with Crippen LogP contribution in [0.15, 0.2) is 45.4 Å². The lowest BCUT2D eigenvalue weighted by molar-refractivity contribution is -0.167.